The molecule has 0 spiro atoms. The second-order valence-corrected chi connectivity index (χ2v) is 5.21. The van der Waals surface area contributed by atoms with Gasteiger partial charge in [0.2, 0.25) is 0 Å². The van der Waals surface area contributed by atoms with Crippen LogP contribution in [0.2, 0.25) is 0 Å². The number of halogens is 1. The van der Waals surface area contributed by atoms with Gasteiger partial charge in [-0.1, -0.05) is 27.7 Å². The zero-order valence-corrected chi connectivity index (χ0v) is 10.1. The fraction of sp³-hybridized carbons (Fsp3) is 0.600. The Morgan fingerprint density at radius 3 is 2.46 bits per heavy atom. The van der Waals surface area contributed by atoms with Gasteiger partial charge in [0, 0.05) is 0 Å². The molecule has 0 saturated heterocycles. The zero-order valence-electron chi connectivity index (χ0n) is 8.50. The van der Waals surface area contributed by atoms with Gasteiger partial charge in [-0.05, 0) is 38.9 Å². The molecule has 1 aromatic rings. The molecule has 1 aromatic heterocycles. The van der Waals surface area contributed by atoms with Crippen molar-refractivity contribution in [2.45, 2.75) is 33.6 Å². The van der Waals surface area contributed by atoms with E-state index in [1.807, 2.05) is 12.3 Å². The number of aromatic nitrogens is 2. The van der Waals surface area contributed by atoms with E-state index < -0.39 is 0 Å². The molecular weight excluding hydrogens is 228 g/mol. The largest absolute Gasteiger partial charge is 0.158 e. The third kappa shape index (κ3) is 2.76. The third-order valence-corrected chi connectivity index (χ3v) is 2.83. The number of rotatable bonds is 1. The van der Waals surface area contributed by atoms with Crippen LogP contribution in [-0.2, 0) is 0 Å². The van der Waals surface area contributed by atoms with Gasteiger partial charge in [-0.3, -0.25) is 0 Å². The van der Waals surface area contributed by atoms with Gasteiger partial charge in [0.1, 0.15) is 4.60 Å². The van der Waals surface area contributed by atoms with E-state index in [0.717, 1.165) is 4.60 Å². The van der Waals surface area contributed by atoms with E-state index in [9.17, 15) is 0 Å². The minimum atomic E-state index is 0.266. The molecule has 1 rings (SSSR count). The Morgan fingerprint density at radius 1 is 1.38 bits per heavy atom. The Bertz CT molecular complexity index is 291. The maximum Gasteiger partial charge on any atom is 0.129 e. The summed E-state index contributed by atoms with van der Waals surface area (Å²) in [7, 11) is 0. The molecule has 0 bridgehead atoms. The first-order valence-corrected chi connectivity index (χ1v) is 5.18. The quantitative estimate of drug-likeness (QED) is 0.755. The molecule has 0 fully saturated rings. The predicted octanol–water partition coefficient (Wildman–Crippen LogP) is 3.39. The molecule has 3 heteroatoms. The Labute approximate surface area is 87.9 Å². The van der Waals surface area contributed by atoms with Crippen molar-refractivity contribution in [2.75, 3.05) is 0 Å². The van der Waals surface area contributed by atoms with Gasteiger partial charge in [0.15, 0.2) is 0 Å². The van der Waals surface area contributed by atoms with Crippen LogP contribution < -0.4 is 0 Å². The van der Waals surface area contributed by atoms with E-state index in [1.165, 1.54) is 5.56 Å². The Hall–Kier alpha value is -0.440. The second kappa shape index (κ2) is 3.74. The summed E-state index contributed by atoms with van der Waals surface area (Å²) >= 11 is 3.32. The Balaban J connectivity index is 2.96. The molecule has 0 radical (unpaired) electrons. The molecule has 2 nitrogen and oxygen atoms in total. The van der Waals surface area contributed by atoms with Crippen molar-refractivity contribution >= 4 is 15.9 Å². The topological polar surface area (TPSA) is 25.8 Å². The van der Waals surface area contributed by atoms with Crippen molar-refractivity contribution in [2.24, 2.45) is 5.41 Å². The van der Waals surface area contributed by atoms with Gasteiger partial charge in [-0.25, -0.2) is 0 Å². The monoisotopic (exact) mass is 242 g/mol. The minimum absolute atomic E-state index is 0.266. The van der Waals surface area contributed by atoms with Crippen LogP contribution in [0.25, 0.3) is 0 Å². The van der Waals surface area contributed by atoms with Crippen LogP contribution in [0.3, 0.4) is 0 Å². The second-order valence-electron chi connectivity index (χ2n) is 4.40. The van der Waals surface area contributed by atoms with E-state index in [1.54, 1.807) is 0 Å². The van der Waals surface area contributed by atoms with Crippen LogP contribution in [0.4, 0.5) is 0 Å². The molecule has 1 unspecified atom stereocenters. The number of hydrogen-bond donors (Lipinski definition) is 0. The van der Waals surface area contributed by atoms with Gasteiger partial charge in [-0.2, -0.15) is 5.10 Å². The summed E-state index contributed by atoms with van der Waals surface area (Å²) in [5.74, 6) is 0.485. The summed E-state index contributed by atoms with van der Waals surface area (Å²) in [6.07, 6.45) is 1.83. The van der Waals surface area contributed by atoms with Crippen LogP contribution in [-0.4, -0.2) is 10.2 Å². The summed E-state index contributed by atoms with van der Waals surface area (Å²) in [6.45, 7) is 8.90. The highest BCUT2D eigenvalue weighted by Crippen LogP contribution is 2.34. The molecule has 0 amide bonds. The van der Waals surface area contributed by atoms with E-state index in [4.69, 9.17) is 0 Å². The summed E-state index contributed by atoms with van der Waals surface area (Å²) < 4.78 is 0.807. The lowest BCUT2D eigenvalue weighted by Crippen LogP contribution is -2.15. The van der Waals surface area contributed by atoms with Crippen LogP contribution >= 0.6 is 15.9 Å². The molecular formula is C10H15BrN2. The van der Waals surface area contributed by atoms with Crippen molar-refractivity contribution in [1.29, 1.82) is 0 Å². The average molecular weight is 243 g/mol. The summed E-state index contributed by atoms with van der Waals surface area (Å²) in [6, 6.07) is 2.03. The molecule has 72 valence electrons. The first kappa shape index (κ1) is 10.6. The molecule has 0 aliphatic carbocycles. The lowest BCUT2D eigenvalue weighted by Gasteiger charge is -2.27. The molecule has 0 aliphatic heterocycles. The van der Waals surface area contributed by atoms with Crippen molar-refractivity contribution in [3.63, 3.8) is 0 Å². The van der Waals surface area contributed by atoms with Crippen LogP contribution in [0.15, 0.2) is 16.9 Å². The highest BCUT2D eigenvalue weighted by molar-refractivity contribution is 9.10. The Morgan fingerprint density at radius 2 is 2.00 bits per heavy atom. The Kier molecular flexibility index (Phi) is 3.06. The van der Waals surface area contributed by atoms with Gasteiger partial charge in [0.25, 0.3) is 0 Å². The summed E-state index contributed by atoms with van der Waals surface area (Å²) in [5, 5.41) is 7.79. The highest BCUT2D eigenvalue weighted by Gasteiger charge is 2.21. The SMILES string of the molecule is CC(c1cnnc(Br)c1)C(C)(C)C. The van der Waals surface area contributed by atoms with E-state index in [-0.39, 0.29) is 5.41 Å². The number of nitrogens with zero attached hydrogens (tertiary/aromatic N) is 2. The molecule has 0 saturated carbocycles. The van der Waals surface area contributed by atoms with E-state index in [2.05, 4.69) is 53.8 Å². The molecule has 1 atom stereocenters. The summed E-state index contributed by atoms with van der Waals surface area (Å²) in [5.41, 5.74) is 1.50. The van der Waals surface area contributed by atoms with E-state index in [0.29, 0.717) is 5.92 Å². The standard InChI is InChI=1S/C10H15BrN2/c1-7(10(2,3)4)8-5-9(11)13-12-6-8/h5-7H,1-4H3. The van der Waals surface area contributed by atoms with Crippen LogP contribution in [0.5, 0.6) is 0 Å². The smallest absolute Gasteiger partial charge is 0.129 e. The molecule has 0 aromatic carbocycles. The van der Waals surface area contributed by atoms with Gasteiger partial charge < -0.3 is 0 Å². The van der Waals surface area contributed by atoms with Gasteiger partial charge in [0.05, 0.1) is 6.20 Å². The summed E-state index contributed by atoms with van der Waals surface area (Å²) in [4.78, 5) is 0. The predicted molar refractivity (Wildman–Crippen MR) is 57.6 cm³/mol. The van der Waals surface area contributed by atoms with Crippen molar-refractivity contribution in [1.82, 2.24) is 10.2 Å². The minimum Gasteiger partial charge on any atom is -0.158 e. The molecule has 0 N–H and O–H groups in total. The van der Waals surface area contributed by atoms with Crippen molar-refractivity contribution in [3.05, 3.63) is 22.4 Å². The zero-order chi connectivity index (χ0) is 10.1. The fourth-order valence-corrected chi connectivity index (χ4v) is 1.45. The van der Waals surface area contributed by atoms with Crippen LogP contribution in [0, 0.1) is 5.41 Å². The average Bonchev–Trinajstić information content (AvgIpc) is 2.01. The van der Waals surface area contributed by atoms with Crippen molar-refractivity contribution < 1.29 is 0 Å². The first-order chi connectivity index (χ1) is 5.91. The fourth-order valence-electron chi connectivity index (χ4n) is 1.09. The molecule has 0 aliphatic rings. The first-order valence-electron chi connectivity index (χ1n) is 4.39. The van der Waals surface area contributed by atoms with Gasteiger partial charge in [-0.15, -0.1) is 5.10 Å². The van der Waals surface area contributed by atoms with E-state index >= 15 is 0 Å². The van der Waals surface area contributed by atoms with Gasteiger partial charge >= 0.3 is 0 Å². The van der Waals surface area contributed by atoms with Crippen molar-refractivity contribution in [3.8, 4) is 0 Å². The third-order valence-electron chi connectivity index (χ3n) is 2.44. The lowest BCUT2D eigenvalue weighted by atomic mass is 9.78. The van der Waals surface area contributed by atoms with Crippen LogP contribution in [0.1, 0.15) is 39.2 Å². The maximum absolute atomic E-state index is 3.92. The molecule has 1 heterocycles. The normalized spacial score (nSPS) is 14.2. The molecule has 13 heavy (non-hydrogen) atoms. The number of hydrogen-bond acceptors (Lipinski definition) is 2. The lowest BCUT2D eigenvalue weighted by molar-refractivity contribution is 0.338. The highest BCUT2D eigenvalue weighted by atomic mass is 79.9. The maximum atomic E-state index is 3.92.